The SMILES string of the molecule is COC(=O)c1cccc(NC(=O)[C@H](C)N2c3cccc4cccc(c34)S2(=O)=O)c1. The summed E-state index contributed by atoms with van der Waals surface area (Å²) in [7, 11) is -2.59. The standard InChI is InChI=1S/C21H18N2O5S/c1-13(20(24)22-16-9-3-8-15(12-16)21(25)28-2)23-17-10-4-6-14-7-5-11-18(19(14)17)29(23,26)27/h3-13H,1-2H3,(H,22,24)/t13-/m0/s1. The zero-order valence-electron chi connectivity index (χ0n) is 15.7. The second-order valence-electron chi connectivity index (χ2n) is 6.67. The number of amides is 1. The molecule has 1 aliphatic heterocycles. The van der Waals surface area contributed by atoms with Gasteiger partial charge in [0.2, 0.25) is 5.91 Å². The fraction of sp³-hybridized carbons (Fsp3) is 0.143. The lowest BCUT2D eigenvalue weighted by atomic mass is 10.1. The Morgan fingerprint density at radius 3 is 2.45 bits per heavy atom. The minimum absolute atomic E-state index is 0.193. The molecule has 0 aromatic heterocycles. The van der Waals surface area contributed by atoms with Gasteiger partial charge in [-0.1, -0.05) is 30.3 Å². The van der Waals surface area contributed by atoms with Crippen LogP contribution in [0.25, 0.3) is 10.8 Å². The summed E-state index contributed by atoms with van der Waals surface area (Å²) < 4.78 is 32.1. The second-order valence-corrected chi connectivity index (χ2v) is 8.45. The van der Waals surface area contributed by atoms with E-state index in [9.17, 15) is 18.0 Å². The molecule has 0 saturated carbocycles. The van der Waals surface area contributed by atoms with E-state index in [-0.39, 0.29) is 10.5 Å². The van der Waals surface area contributed by atoms with E-state index in [4.69, 9.17) is 0 Å². The molecule has 8 heteroatoms. The van der Waals surface area contributed by atoms with Crippen LogP contribution in [-0.4, -0.2) is 33.4 Å². The van der Waals surface area contributed by atoms with Gasteiger partial charge in [-0.2, -0.15) is 0 Å². The molecule has 1 amide bonds. The molecule has 1 atom stereocenters. The minimum atomic E-state index is -3.86. The molecule has 1 aliphatic rings. The highest BCUT2D eigenvalue weighted by atomic mass is 32.2. The lowest BCUT2D eigenvalue weighted by Crippen LogP contribution is -2.44. The zero-order valence-corrected chi connectivity index (χ0v) is 16.6. The van der Waals surface area contributed by atoms with Crippen molar-refractivity contribution in [1.29, 1.82) is 0 Å². The van der Waals surface area contributed by atoms with Crippen LogP contribution in [0.2, 0.25) is 0 Å². The van der Waals surface area contributed by atoms with Crippen molar-refractivity contribution < 1.29 is 22.7 Å². The van der Waals surface area contributed by atoms with Crippen LogP contribution in [0.15, 0.2) is 65.6 Å². The molecule has 0 spiro atoms. The number of carbonyl (C=O) groups is 2. The van der Waals surface area contributed by atoms with Crippen molar-refractivity contribution in [2.45, 2.75) is 17.9 Å². The van der Waals surface area contributed by atoms with Crippen LogP contribution in [0.1, 0.15) is 17.3 Å². The average Bonchev–Trinajstić information content (AvgIpc) is 2.95. The van der Waals surface area contributed by atoms with Gasteiger partial charge < -0.3 is 10.1 Å². The Kier molecular flexibility index (Phi) is 4.50. The number of methoxy groups -OCH3 is 1. The number of benzene rings is 3. The lowest BCUT2D eigenvalue weighted by molar-refractivity contribution is -0.116. The maximum absolute atomic E-state index is 13.1. The van der Waals surface area contributed by atoms with Gasteiger partial charge in [0.15, 0.2) is 0 Å². The van der Waals surface area contributed by atoms with E-state index < -0.39 is 27.9 Å². The first-order valence-corrected chi connectivity index (χ1v) is 10.3. The molecule has 0 unspecified atom stereocenters. The summed E-state index contributed by atoms with van der Waals surface area (Å²) in [6.45, 7) is 1.53. The van der Waals surface area contributed by atoms with Crippen molar-refractivity contribution >= 4 is 44.0 Å². The highest BCUT2D eigenvalue weighted by Gasteiger charge is 2.40. The molecule has 29 heavy (non-hydrogen) atoms. The topological polar surface area (TPSA) is 92.8 Å². The van der Waals surface area contributed by atoms with Gasteiger partial charge in [0.1, 0.15) is 6.04 Å². The minimum Gasteiger partial charge on any atom is -0.465 e. The molecular weight excluding hydrogens is 392 g/mol. The normalized spacial score (nSPS) is 15.2. The third-order valence-electron chi connectivity index (χ3n) is 4.90. The smallest absolute Gasteiger partial charge is 0.337 e. The van der Waals surface area contributed by atoms with E-state index in [1.54, 1.807) is 42.5 Å². The summed E-state index contributed by atoms with van der Waals surface area (Å²) in [5.74, 6) is -1.04. The molecule has 148 valence electrons. The molecule has 0 fully saturated rings. The van der Waals surface area contributed by atoms with Crippen molar-refractivity contribution in [1.82, 2.24) is 0 Å². The number of hydrogen-bond donors (Lipinski definition) is 1. The number of anilines is 2. The Morgan fingerprint density at radius 2 is 1.72 bits per heavy atom. The Morgan fingerprint density at radius 1 is 1.03 bits per heavy atom. The molecular formula is C21H18N2O5S. The summed E-state index contributed by atoms with van der Waals surface area (Å²) in [5.41, 5.74) is 1.13. The molecule has 1 N–H and O–H groups in total. The van der Waals surface area contributed by atoms with Gasteiger partial charge >= 0.3 is 5.97 Å². The van der Waals surface area contributed by atoms with Crippen LogP contribution < -0.4 is 9.62 Å². The monoisotopic (exact) mass is 410 g/mol. The summed E-state index contributed by atoms with van der Waals surface area (Å²) in [5, 5.41) is 4.09. The summed E-state index contributed by atoms with van der Waals surface area (Å²) in [6.07, 6.45) is 0. The van der Waals surface area contributed by atoms with Crippen molar-refractivity contribution in [3.8, 4) is 0 Å². The lowest BCUT2D eigenvalue weighted by Gasteiger charge is -2.25. The van der Waals surface area contributed by atoms with Gasteiger partial charge in [0.05, 0.1) is 23.3 Å². The highest BCUT2D eigenvalue weighted by molar-refractivity contribution is 7.93. The zero-order chi connectivity index (χ0) is 20.8. The first kappa shape index (κ1) is 18.9. The van der Waals surface area contributed by atoms with E-state index in [0.29, 0.717) is 16.8 Å². The Balaban J connectivity index is 1.67. The molecule has 3 aromatic rings. The Labute approximate surface area is 167 Å². The van der Waals surface area contributed by atoms with Gasteiger partial charge in [-0.15, -0.1) is 0 Å². The molecule has 0 aliphatic carbocycles. The van der Waals surface area contributed by atoms with Crippen LogP contribution in [0.4, 0.5) is 11.4 Å². The maximum atomic E-state index is 13.1. The van der Waals surface area contributed by atoms with E-state index in [1.165, 1.54) is 20.1 Å². The quantitative estimate of drug-likeness (QED) is 0.667. The second kappa shape index (κ2) is 6.89. The van der Waals surface area contributed by atoms with Crippen molar-refractivity contribution in [3.05, 3.63) is 66.2 Å². The van der Waals surface area contributed by atoms with Gasteiger partial charge in [-0.05, 0) is 42.6 Å². The molecule has 1 heterocycles. The van der Waals surface area contributed by atoms with E-state index in [1.807, 2.05) is 12.1 Å². The molecule has 4 rings (SSSR count). The van der Waals surface area contributed by atoms with Crippen LogP contribution in [-0.2, 0) is 19.6 Å². The van der Waals surface area contributed by atoms with Gasteiger partial charge in [-0.25, -0.2) is 13.2 Å². The third kappa shape index (κ3) is 3.01. The predicted octanol–water partition coefficient (Wildman–Crippen LogP) is 3.16. The van der Waals surface area contributed by atoms with Crippen molar-refractivity contribution in [2.24, 2.45) is 0 Å². The van der Waals surface area contributed by atoms with Crippen molar-refractivity contribution in [3.63, 3.8) is 0 Å². The first-order chi connectivity index (χ1) is 13.8. The fourth-order valence-corrected chi connectivity index (χ4v) is 5.40. The summed E-state index contributed by atoms with van der Waals surface area (Å²) >= 11 is 0. The number of nitrogens with one attached hydrogen (secondary N) is 1. The molecule has 7 nitrogen and oxygen atoms in total. The predicted molar refractivity (Wildman–Crippen MR) is 109 cm³/mol. The number of sulfonamides is 1. The average molecular weight is 410 g/mol. The maximum Gasteiger partial charge on any atom is 0.337 e. The third-order valence-corrected chi connectivity index (χ3v) is 6.83. The molecule has 0 bridgehead atoms. The van der Waals surface area contributed by atoms with Gasteiger partial charge in [-0.3, -0.25) is 9.10 Å². The Hall–Kier alpha value is -3.39. The number of hydrogen-bond acceptors (Lipinski definition) is 5. The van der Waals surface area contributed by atoms with Crippen LogP contribution in [0.3, 0.4) is 0 Å². The molecule has 0 saturated heterocycles. The van der Waals surface area contributed by atoms with Crippen LogP contribution in [0, 0.1) is 0 Å². The largest absolute Gasteiger partial charge is 0.465 e. The number of nitrogens with zero attached hydrogens (tertiary/aromatic N) is 1. The first-order valence-electron chi connectivity index (χ1n) is 8.90. The molecule has 0 radical (unpaired) electrons. The fourth-order valence-electron chi connectivity index (χ4n) is 3.53. The number of rotatable bonds is 4. The summed E-state index contributed by atoms with van der Waals surface area (Å²) in [6, 6.07) is 15.6. The Bertz CT molecular complexity index is 1250. The van der Waals surface area contributed by atoms with Gasteiger partial charge in [0, 0.05) is 11.1 Å². The highest BCUT2D eigenvalue weighted by Crippen LogP contribution is 2.43. The van der Waals surface area contributed by atoms with E-state index in [0.717, 1.165) is 9.69 Å². The number of esters is 1. The van der Waals surface area contributed by atoms with Crippen LogP contribution in [0.5, 0.6) is 0 Å². The molecule has 3 aromatic carbocycles. The van der Waals surface area contributed by atoms with Gasteiger partial charge in [0.25, 0.3) is 10.0 Å². The number of carbonyl (C=O) groups excluding carboxylic acids is 2. The summed E-state index contributed by atoms with van der Waals surface area (Å²) in [4.78, 5) is 24.8. The van der Waals surface area contributed by atoms with E-state index >= 15 is 0 Å². The van der Waals surface area contributed by atoms with Crippen LogP contribution >= 0.6 is 0 Å². The number of ether oxygens (including phenoxy) is 1. The van der Waals surface area contributed by atoms with Crippen molar-refractivity contribution in [2.75, 3.05) is 16.7 Å². The van der Waals surface area contributed by atoms with E-state index in [2.05, 4.69) is 10.1 Å².